The maximum Gasteiger partial charge on any atom is 0.278 e. The lowest BCUT2D eigenvalue weighted by atomic mass is 10.0. The highest BCUT2D eigenvalue weighted by atomic mass is 16.5. The van der Waals surface area contributed by atoms with Gasteiger partial charge in [-0.15, -0.1) is 0 Å². The Hall–Kier alpha value is -3.02. The number of amides is 2. The first-order chi connectivity index (χ1) is 12.4. The number of aryl methyl sites for hydroxylation is 1. The average molecular weight is 354 g/mol. The number of ether oxygens (including phenoxy) is 2. The van der Waals surface area contributed by atoms with Crippen LogP contribution in [0.25, 0.3) is 0 Å². The van der Waals surface area contributed by atoms with Crippen LogP contribution in [0.4, 0.5) is 5.69 Å². The summed E-state index contributed by atoms with van der Waals surface area (Å²) < 4.78 is 11.1. The largest absolute Gasteiger partial charge is 0.494 e. The number of benzene rings is 2. The van der Waals surface area contributed by atoms with E-state index in [4.69, 9.17) is 9.47 Å². The van der Waals surface area contributed by atoms with Crippen LogP contribution in [-0.4, -0.2) is 24.0 Å². The Balaban J connectivity index is 1.68. The summed E-state index contributed by atoms with van der Waals surface area (Å²) in [4.78, 5) is 25.1. The van der Waals surface area contributed by atoms with Gasteiger partial charge in [0.2, 0.25) is 0 Å². The van der Waals surface area contributed by atoms with Crippen LogP contribution in [0.5, 0.6) is 11.5 Å². The molecule has 1 unspecified atom stereocenters. The number of hydrogen-bond acceptors (Lipinski definition) is 4. The summed E-state index contributed by atoms with van der Waals surface area (Å²) >= 11 is 0. The van der Waals surface area contributed by atoms with Crippen molar-refractivity contribution in [3.05, 3.63) is 53.6 Å². The molecule has 0 aromatic heterocycles. The highest BCUT2D eigenvalue weighted by Crippen LogP contribution is 2.34. The molecule has 2 N–H and O–H groups in total. The van der Waals surface area contributed by atoms with E-state index < -0.39 is 17.4 Å². The first-order valence-corrected chi connectivity index (χ1v) is 8.53. The Kier molecular flexibility index (Phi) is 4.84. The predicted molar refractivity (Wildman–Crippen MR) is 98.3 cm³/mol. The number of rotatable bonds is 5. The van der Waals surface area contributed by atoms with Crippen molar-refractivity contribution in [2.45, 2.75) is 32.9 Å². The van der Waals surface area contributed by atoms with Gasteiger partial charge in [-0.1, -0.05) is 18.2 Å². The van der Waals surface area contributed by atoms with E-state index in [2.05, 4.69) is 10.6 Å². The molecule has 26 heavy (non-hydrogen) atoms. The van der Waals surface area contributed by atoms with Gasteiger partial charge in [-0.05, 0) is 56.2 Å². The molecule has 3 rings (SSSR count). The minimum atomic E-state index is -1.62. The molecule has 6 nitrogen and oxygen atoms in total. The zero-order valence-corrected chi connectivity index (χ0v) is 15.1. The molecule has 0 fully saturated rings. The van der Waals surface area contributed by atoms with E-state index in [-0.39, 0.29) is 6.54 Å². The third-order valence-electron chi connectivity index (χ3n) is 4.25. The molecule has 0 bridgehead atoms. The minimum absolute atomic E-state index is 0.290. The van der Waals surface area contributed by atoms with Crippen LogP contribution >= 0.6 is 0 Å². The predicted octanol–water partition coefficient (Wildman–Crippen LogP) is 2.80. The van der Waals surface area contributed by atoms with Gasteiger partial charge in [0.15, 0.2) is 0 Å². The molecule has 136 valence electrons. The molecule has 1 heterocycles. The smallest absolute Gasteiger partial charge is 0.278 e. The standard InChI is InChI=1S/C20H22N2O4/c1-4-25-15-8-6-14(7-9-15)12-21-18(23)20(3)19(24)22-16-11-13(2)5-10-17(16)26-20/h5-11H,4,12H2,1-3H3,(H,21,23)(H,22,24). The number of anilines is 1. The Labute approximate surface area is 152 Å². The second kappa shape index (κ2) is 7.07. The van der Waals surface area contributed by atoms with Gasteiger partial charge in [0.1, 0.15) is 11.5 Å². The fraction of sp³-hybridized carbons (Fsp3) is 0.300. The van der Waals surface area contributed by atoms with E-state index >= 15 is 0 Å². The topological polar surface area (TPSA) is 76.7 Å². The van der Waals surface area contributed by atoms with E-state index in [0.717, 1.165) is 16.9 Å². The zero-order chi connectivity index (χ0) is 18.7. The molecule has 0 spiro atoms. The summed E-state index contributed by atoms with van der Waals surface area (Å²) in [6.45, 7) is 6.20. The van der Waals surface area contributed by atoms with E-state index in [1.165, 1.54) is 6.92 Å². The summed E-state index contributed by atoms with van der Waals surface area (Å²) in [5.74, 6) is 0.278. The molecule has 1 atom stereocenters. The van der Waals surface area contributed by atoms with Crippen molar-refractivity contribution in [2.24, 2.45) is 0 Å². The summed E-state index contributed by atoms with van der Waals surface area (Å²) in [5.41, 5.74) is 0.855. The maximum atomic E-state index is 12.6. The second-order valence-electron chi connectivity index (χ2n) is 6.35. The number of hydrogen-bond donors (Lipinski definition) is 2. The Morgan fingerprint density at radius 3 is 2.65 bits per heavy atom. The number of carbonyl (C=O) groups is 2. The van der Waals surface area contributed by atoms with Crippen molar-refractivity contribution in [2.75, 3.05) is 11.9 Å². The monoisotopic (exact) mass is 354 g/mol. The van der Waals surface area contributed by atoms with E-state index in [9.17, 15) is 9.59 Å². The highest BCUT2D eigenvalue weighted by Gasteiger charge is 2.47. The molecule has 0 radical (unpaired) electrons. The second-order valence-corrected chi connectivity index (χ2v) is 6.35. The lowest BCUT2D eigenvalue weighted by Crippen LogP contribution is -2.58. The summed E-state index contributed by atoms with van der Waals surface area (Å²) in [6.07, 6.45) is 0. The van der Waals surface area contributed by atoms with Crippen LogP contribution in [-0.2, 0) is 16.1 Å². The third kappa shape index (κ3) is 3.49. The van der Waals surface area contributed by atoms with Gasteiger partial charge in [0, 0.05) is 6.54 Å². The van der Waals surface area contributed by atoms with Crippen LogP contribution in [0.1, 0.15) is 25.0 Å². The van der Waals surface area contributed by atoms with Crippen molar-refractivity contribution >= 4 is 17.5 Å². The first-order valence-electron chi connectivity index (χ1n) is 8.53. The number of carbonyl (C=O) groups excluding carboxylic acids is 2. The molecule has 6 heteroatoms. The van der Waals surface area contributed by atoms with Gasteiger partial charge >= 0.3 is 0 Å². The lowest BCUT2D eigenvalue weighted by Gasteiger charge is -2.33. The molecular weight excluding hydrogens is 332 g/mol. The van der Waals surface area contributed by atoms with Crippen molar-refractivity contribution in [3.63, 3.8) is 0 Å². The quantitative estimate of drug-likeness (QED) is 0.810. The Bertz CT molecular complexity index is 832. The fourth-order valence-electron chi connectivity index (χ4n) is 2.71. The van der Waals surface area contributed by atoms with Gasteiger partial charge in [0.25, 0.3) is 17.4 Å². The average Bonchev–Trinajstić information content (AvgIpc) is 2.62. The summed E-state index contributed by atoms with van der Waals surface area (Å²) in [7, 11) is 0. The van der Waals surface area contributed by atoms with Gasteiger partial charge in [-0.25, -0.2) is 0 Å². The lowest BCUT2D eigenvalue weighted by molar-refractivity contribution is -0.146. The van der Waals surface area contributed by atoms with Gasteiger partial charge < -0.3 is 20.1 Å². The minimum Gasteiger partial charge on any atom is -0.494 e. The number of fused-ring (bicyclic) bond motifs is 1. The Morgan fingerprint density at radius 1 is 1.23 bits per heavy atom. The zero-order valence-electron chi connectivity index (χ0n) is 15.1. The molecule has 0 saturated carbocycles. The molecule has 2 aromatic rings. The number of nitrogens with one attached hydrogen (secondary N) is 2. The normalized spacial score (nSPS) is 18.3. The highest BCUT2D eigenvalue weighted by molar-refractivity contribution is 6.15. The molecular formula is C20H22N2O4. The molecule has 0 saturated heterocycles. The van der Waals surface area contributed by atoms with Crippen molar-refractivity contribution < 1.29 is 19.1 Å². The summed E-state index contributed by atoms with van der Waals surface area (Å²) in [6, 6.07) is 12.9. The van der Waals surface area contributed by atoms with Gasteiger partial charge in [-0.3, -0.25) is 9.59 Å². The summed E-state index contributed by atoms with van der Waals surface area (Å²) in [5, 5.41) is 5.52. The van der Waals surface area contributed by atoms with Crippen LogP contribution < -0.4 is 20.1 Å². The molecule has 1 aliphatic rings. The van der Waals surface area contributed by atoms with Crippen molar-refractivity contribution in [1.82, 2.24) is 5.32 Å². The molecule has 0 aliphatic carbocycles. The SMILES string of the molecule is CCOc1ccc(CNC(=O)C2(C)Oc3ccc(C)cc3NC2=O)cc1. The van der Waals surface area contributed by atoms with Crippen LogP contribution in [0.2, 0.25) is 0 Å². The van der Waals surface area contributed by atoms with Crippen LogP contribution in [0, 0.1) is 6.92 Å². The van der Waals surface area contributed by atoms with Crippen molar-refractivity contribution in [1.29, 1.82) is 0 Å². The van der Waals surface area contributed by atoms with E-state index in [0.29, 0.717) is 18.0 Å². The van der Waals surface area contributed by atoms with Gasteiger partial charge in [-0.2, -0.15) is 0 Å². The molecule has 2 amide bonds. The molecule has 1 aliphatic heterocycles. The molecule has 2 aromatic carbocycles. The maximum absolute atomic E-state index is 12.6. The Morgan fingerprint density at radius 2 is 1.96 bits per heavy atom. The van der Waals surface area contributed by atoms with E-state index in [1.54, 1.807) is 6.07 Å². The van der Waals surface area contributed by atoms with Crippen molar-refractivity contribution in [3.8, 4) is 11.5 Å². The van der Waals surface area contributed by atoms with Gasteiger partial charge in [0.05, 0.1) is 12.3 Å². The fourth-order valence-corrected chi connectivity index (χ4v) is 2.71. The first kappa shape index (κ1) is 17.8. The van der Waals surface area contributed by atoms with Crippen LogP contribution in [0.3, 0.4) is 0 Å². The van der Waals surface area contributed by atoms with E-state index in [1.807, 2.05) is 50.2 Å². The third-order valence-corrected chi connectivity index (χ3v) is 4.25. The van der Waals surface area contributed by atoms with Crippen LogP contribution in [0.15, 0.2) is 42.5 Å².